The van der Waals surface area contributed by atoms with Crippen LogP contribution in [0.15, 0.2) is 46.9 Å². The molecule has 2 aromatic carbocycles. The minimum absolute atomic E-state index is 0.123. The van der Waals surface area contributed by atoms with Crippen molar-refractivity contribution < 1.29 is 9.59 Å². The molecular weight excluding hydrogens is 475 g/mol. The van der Waals surface area contributed by atoms with E-state index in [1.54, 1.807) is 30.0 Å². The normalized spacial score (nSPS) is 12.4. The number of halogens is 3. The predicted molar refractivity (Wildman–Crippen MR) is 122 cm³/mol. The third kappa shape index (κ3) is 7.32. The summed E-state index contributed by atoms with van der Waals surface area (Å²) in [6.07, 6.45) is 0.123. The summed E-state index contributed by atoms with van der Waals surface area (Å²) in [5.41, 5.74) is 1.28. The third-order valence-electron chi connectivity index (χ3n) is 4.25. The van der Waals surface area contributed by atoms with Crippen LogP contribution in [0.25, 0.3) is 0 Å². The summed E-state index contributed by atoms with van der Waals surface area (Å²) < 4.78 is 0.915. The molecule has 0 aromatic heterocycles. The first-order valence-electron chi connectivity index (χ1n) is 9.26. The Morgan fingerprint density at radius 3 is 2.34 bits per heavy atom. The Kier molecular flexibility index (Phi) is 8.15. The molecule has 2 amide bonds. The van der Waals surface area contributed by atoms with Gasteiger partial charge in [-0.3, -0.25) is 9.59 Å². The molecule has 0 aliphatic carbocycles. The van der Waals surface area contributed by atoms with E-state index in [-0.39, 0.29) is 23.8 Å². The molecule has 7 heteroatoms. The second-order valence-electron chi connectivity index (χ2n) is 7.99. The fourth-order valence-electron chi connectivity index (χ4n) is 2.81. The van der Waals surface area contributed by atoms with Crippen LogP contribution in [0.4, 0.5) is 0 Å². The number of rotatable bonds is 6. The second kappa shape index (κ2) is 9.96. The number of nitrogens with zero attached hydrogens (tertiary/aromatic N) is 1. The maximum absolute atomic E-state index is 13.2. The van der Waals surface area contributed by atoms with Crippen LogP contribution in [0.2, 0.25) is 10.0 Å². The maximum Gasteiger partial charge on any atom is 0.242 e. The molecule has 2 rings (SSSR count). The van der Waals surface area contributed by atoms with Crippen LogP contribution < -0.4 is 5.32 Å². The average Bonchev–Trinajstić information content (AvgIpc) is 2.60. The van der Waals surface area contributed by atoms with Crippen LogP contribution in [-0.4, -0.2) is 28.3 Å². The lowest BCUT2D eigenvalue weighted by atomic mass is 10.1. The summed E-state index contributed by atoms with van der Waals surface area (Å²) in [4.78, 5) is 27.5. The number of hydrogen-bond donors (Lipinski definition) is 1. The van der Waals surface area contributed by atoms with E-state index in [0.29, 0.717) is 16.6 Å². The van der Waals surface area contributed by atoms with Gasteiger partial charge in [-0.25, -0.2) is 0 Å². The number of carbonyl (C=O) groups excluding carboxylic acids is 2. The van der Waals surface area contributed by atoms with Gasteiger partial charge in [-0.2, -0.15) is 0 Å². The summed E-state index contributed by atoms with van der Waals surface area (Å²) >= 11 is 15.5. The molecule has 0 heterocycles. The molecule has 0 saturated carbocycles. The SMILES string of the molecule is CC(C(=O)NC(C)(C)C)N(Cc1cccc(Br)c1)C(=O)Cc1ccc(Cl)c(Cl)c1. The number of carbonyl (C=O) groups is 2. The molecule has 0 bridgehead atoms. The topological polar surface area (TPSA) is 49.4 Å². The molecule has 0 aliphatic rings. The summed E-state index contributed by atoms with van der Waals surface area (Å²) in [6, 6.07) is 12.2. The average molecular weight is 500 g/mol. The fourth-order valence-corrected chi connectivity index (χ4v) is 3.58. The predicted octanol–water partition coefficient (Wildman–Crippen LogP) is 5.63. The van der Waals surface area contributed by atoms with Crippen LogP contribution in [0.1, 0.15) is 38.8 Å². The number of amides is 2. The lowest BCUT2D eigenvalue weighted by molar-refractivity contribution is -0.140. The molecule has 0 fully saturated rings. The van der Waals surface area contributed by atoms with E-state index >= 15 is 0 Å². The quantitative estimate of drug-likeness (QED) is 0.559. The van der Waals surface area contributed by atoms with Gasteiger partial charge in [0.1, 0.15) is 6.04 Å². The highest BCUT2D eigenvalue weighted by Gasteiger charge is 2.28. The van der Waals surface area contributed by atoms with Crippen LogP contribution >= 0.6 is 39.1 Å². The van der Waals surface area contributed by atoms with E-state index in [4.69, 9.17) is 23.2 Å². The molecule has 1 unspecified atom stereocenters. The van der Waals surface area contributed by atoms with E-state index in [1.807, 2.05) is 45.0 Å². The van der Waals surface area contributed by atoms with Crippen molar-refractivity contribution in [1.82, 2.24) is 10.2 Å². The van der Waals surface area contributed by atoms with Crippen molar-refractivity contribution in [1.29, 1.82) is 0 Å². The first kappa shape index (κ1) is 23.7. The first-order chi connectivity index (χ1) is 13.5. The van der Waals surface area contributed by atoms with Crippen molar-refractivity contribution >= 4 is 50.9 Å². The van der Waals surface area contributed by atoms with Crippen LogP contribution in [0, 0.1) is 0 Å². The molecule has 0 radical (unpaired) electrons. The van der Waals surface area contributed by atoms with Crippen LogP contribution in [0.3, 0.4) is 0 Å². The van der Waals surface area contributed by atoms with E-state index in [9.17, 15) is 9.59 Å². The molecule has 0 saturated heterocycles. The molecule has 2 aromatic rings. The third-order valence-corrected chi connectivity index (χ3v) is 5.48. The van der Waals surface area contributed by atoms with Crippen LogP contribution in [0.5, 0.6) is 0 Å². The van der Waals surface area contributed by atoms with Gasteiger partial charge < -0.3 is 10.2 Å². The van der Waals surface area contributed by atoms with Crippen LogP contribution in [-0.2, 0) is 22.6 Å². The van der Waals surface area contributed by atoms with Crippen molar-refractivity contribution in [2.45, 2.75) is 52.2 Å². The van der Waals surface area contributed by atoms with E-state index in [2.05, 4.69) is 21.2 Å². The standard InChI is InChI=1S/C22H25BrCl2N2O2/c1-14(21(29)26-22(2,3)4)27(13-16-6-5-7-17(23)10-16)20(28)12-15-8-9-18(24)19(25)11-15/h5-11,14H,12-13H2,1-4H3,(H,26,29). The molecule has 156 valence electrons. The van der Waals surface area contributed by atoms with Gasteiger partial charge in [-0.05, 0) is 63.1 Å². The smallest absolute Gasteiger partial charge is 0.242 e. The lowest BCUT2D eigenvalue weighted by Crippen LogP contribution is -2.52. The molecule has 0 aliphatic heterocycles. The van der Waals surface area contributed by atoms with Crippen molar-refractivity contribution in [3.63, 3.8) is 0 Å². The monoisotopic (exact) mass is 498 g/mol. The Morgan fingerprint density at radius 2 is 1.76 bits per heavy atom. The van der Waals surface area contributed by atoms with E-state index in [0.717, 1.165) is 15.6 Å². The van der Waals surface area contributed by atoms with Gasteiger partial charge in [0.2, 0.25) is 11.8 Å². The van der Waals surface area contributed by atoms with E-state index < -0.39 is 6.04 Å². The molecule has 1 N–H and O–H groups in total. The van der Waals surface area contributed by atoms with Gasteiger partial charge >= 0.3 is 0 Å². The Hall–Kier alpha value is -1.56. The van der Waals surface area contributed by atoms with Gasteiger partial charge in [0.25, 0.3) is 0 Å². The zero-order chi connectivity index (χ0) is 21.8. The maximum atomic E-state index is 13.2. The molecular formula is C22H25BrCl2N2O2. The Balaban J connectivity index is 2.27. The van der Waals surface area contributed by atoms with Gasteiger partial charge in [-0.15, -0.1) is 0 Å². The molecule has 0 spiro atoms. The zero-order valence-electron chi connectivity index (χ0n) is 16.9. The minimum atomic E-state index is -0.636. The Bertz CT molecular complexity index is 897. The second-order valence-corrected chi connectivity index (χ2v) is 9.72. The van der Waals surface area contributed by atoms with Crippen molar-refractivity contribution in [3.8, 4) is 0 Å². The zero-order valence-corrected chi connectivity index (χ0v) is 20.0. The summed E-state index contributed by atoms with van der Waals surface area (Å²) in [6.45, 7) is 7.79. The lowest BCUT2D eigenvalue weighted by Gasteiger charge is -2.31. The van der Waals surface area contributed by atoms with Gasteiger partial charge in [-0.1, -0.05) is 57.3 Å². The summed E-state index contributed by atoms with van der Waals surface area (Å²) in [5.74, 6) is -0.366. The minimum Gasteiger partial charge on any atom is -0.350 e. The van der Waals surface area contributed by atoms with Gasteiger partial charge in [0, 0.05) is 16.6 Å². The molecule has 1 atom stereocenters. The Labute approximate surface area is 190 Å². The molecule has 29 heavy (non-hydrogen) atoms. The van der Waals surface area contributed by atoms with Crippen molar-refractivity contribution in [2.24, 2.45) is 0 Å². The number of hydrogen-bond acceptors (Lipinski definition) is 2. The first-order valence-corrected chi connectivity index (χ1v) is 10.8. The number of benzene rings is 2. The largest absolute Gasteiger partial charge is 0.350 e. The number of nitrogens with one attached hydrogen (secondary N) is 1. The molecule has 4 nitrogen and oxygen atoms in total. The summed E-state index contributed by atoms with van der Waals surface area (Å²) in [7, 11) is 0. The van der Waals surface area contributed by atoms with Crippen molar-refractivity contribution in [2.75, 3.05) is 0 Å². The highest BCUT2D eigenvalue weighted by Crippen LogP contribution is 2.23. The van der Waals surface area contributed by atoms with E-state index in [1.165, 1.54) is 0 Å². The van der Waals surface area contributed by atoms with Gasteiger partial charge in [0.05, 0.1) is 16.5 Å². The summed E-state index contributed by atoms with van der Waals surface area (Å²) in [5, 5.41) is 3.79. The van der Waals surface area contributed by atoms with Crippen molar-refractivity contribution in [3.05, 3.63) is 68.1 Å². The highest BCUT2D eigenvalue weighted by atomic mass is 79.9. The highest BCUT2D eigenvalue weighted by molar-refractivity contribution is 9.10. The van der Waals surface area contributed by atoms with Gasteiger partial charge in [0.15, 0.2) is 0 Å². The Morgan fingerprint density at radius 1 is 1.07 bits per heavy atom. The fraction of sp³-hybridized carbons (Fsp3) is 0.364.